The van der Waals surface area contributed by atoms with E-state index in [9.17, 15) is 0 Å². The molecule has 0 saturated heterocycles. The zero-order chi connectivity index (χ0) is 30.5. The average Bonchev–Trinajstić information content (AvgIpc) is 3.61. The van der Waals surface area contributed by atoms with Crippen molar-refractivity contribution in [2.24, 2.45) is 11.7 Å². The van der Waals surface area contributed by atoms with E-state index in [0.717, 1.165) is 23.4 Å². The van der Waals surface area contributed by atoms with Crippen molar-refractivity contribution in [3.63, 3.8) is 0 Å². The van der Waals surface area contributed by atoms with Gasteiger partial charge in [0.1, 0.15) is 0 Å². The molecule has 1 aliphatic carbocycles. The van der Waals surface area contributed by atoms with Gasteiger partial charge in [0, 0.05) is 60.0 Å². The Kier molecular flexibility index (Phi) is 6.66. The fourth-order valence-corrected chi connectivity index (χ4v) is 8.21. The van der Waals surface area contributed by atoms with Gasteiger partial charge in [-0.05, 0) is 85.3 Å². The molecule has 1 aliphatic heterocycles. The van der Waals surface area contributed by atoms with Gasteiger partial charge in [-0.3, -0.25) is 0 Å². The summed E-state index contributed by atoms with van der Waals surface area (Å²) in [7, 11) is 0. The van der Waals surface area contributed by atoms with Gasteiger partial charge in [0.15, 0.2) is 0 Å². The zero-order valence-electron chi connectivity index (χ0n) is 25.2. The lowest BCUT2D eigenvalue weighted by Gasteiger charge is -2.29. The lowest BCUT2D eigenvalue weighted by molar-refractivity contribution is 0.774. The van der Waals surface area contributed by atoms with Crippen molar-refractivity contribution in [2.45, 2.75) is 13.3 Å². The van der Waals surface area contributed by atoms with Crippen LogP contribution in [-0.4, -0.2) is 4.57 Å². The summed E-state index contributed by atoms with van der Waals surface area (Å²) < 4.78 is 4.93. The van der Waals surface area contributed by atoms with Crippen molar-refractivity contribution in [3.8, 4) is 5.69 Å². The number of hydrogen-bond donors (Lipinski definition) is 1. The third-order valence-corrected chi connectivity index (χ3v) is 10.3. The molecule has 0 bridgehead atoms. The standard InChI is InChI=1S/C41H33N3S/c1-3-28(23-24-42)29-15-17-30(18-16-29)43-25-9-8-10-27(2)40-38(43)21-20-34-35-26-31(19-22-39(35)45-41(34)40)44-36-13-6-4-11-32(36)33-12-5-7-14-37(33)44/h3-15,17-26,29H,2,16,42H2,1H3/b10-8-,24-23-,25-9-,28-3+. The second-order valence-electron chi connectivity index (χ2n) is 11.6. The second-order valence-corrected chi connectivity index (χ2v) is 12.6. The van der Waals surface area contributed by atoms with E-state index < -0.39 is 0 Å². The van der Waals surface area contributed by atoms with Gasteiger partial charge >= 0.3 is 0 Å². The largest absolute Gasteiger partial charge is 0.405 e. The van der Waals surface area contributed by atoms with Crippen LogP contribution in [0.1, 0.15) is 18.9 Å². The molecule has 2 N–H and O–H groups in total. The molecule has 2 aromatic heterocycles. The maximum absolute atomic E-state index is 5.71. The van der Waals surface area contributed by atoms with Crippen LogP contribution in [0.2, 0.25) is 0 Å². The predicted molar refractivity (Wildman–Crippen MR) is 196 cm³/mol. The van der Waals surface area contributed by atoms with E-state index in [2.05, 4.69) is 151 Å². The SMILES string of the molecule is C=C1/C=C\C=C/N(C2=CCC(C(/C=C\N)=C/C)C=C2)c2ccc3c(sc4ccc(-n5c6ccccc6c6ccccc65)cc43)c21. The number of aromatic nitrogens is 1. The zero-order valence-corrected chi connectivity index (χ0v) is 26.0. The molecule has 218 valence electrons. The van der Waals surface area contributed by atoms with Crippen LogP contribution in [-0.2, 0) is 0 Å². The van der Waals surface area contributed by atoms with Gasteiger partial charge in [-0.2, -0.15) is 0 Å². The summed E-state index contributed by atoms with van der Waals surface area (Å²) in [6.45, 7) is 6.61. The van der Waals surface area contributed by atoms with E-state index in [-0.39, 0.29) is 0 Å². The number of fused-ring (bicyclic) bond motifs is 8. The molecule has 8 rings (SSSR count). The minimum Gasteiger partial charge on any atom is -0.405 e. The molecule has 3 heterocycles. The highest BCUT2D eigenvalue weighted by molar-refractivity contribution is 7.26. The first-order valence-electron chi connectivity index (χ1n) is 15.4. The first-order valence-corrected chi connectivity index (χ1v) is 16.2. The Morgan fingerprint density at radius 2 is 1.67 bits per heavy atom. The summed E-state index contributed by atoms with van der Waals surface area (Å²) in [5.74, 6) is 0.320. The van der Waals surface area contributed by atoms with E-state index in [1.807, 2.05) is 17.4 Å². The summed E-state index contributed by atoms with van der Waals surface area (Å²) in [5.41, 5.74) is 15.1. The normalized spacial score (nSPS) is 18.6. The van der Waals surface area contributed by atoms with Gasteiger partial charge in [-0.1, -0.05) is 79.4 Å². The van der Waals surface area contributed by atoms with Gasteiger partial charge in [0.2, 0.25) is 0 Å². The molecule has 1 atom stereocenters. The van der Waals surface area contributed by atoms with Crippen molar-refractivity contribution >= 4 is 64.6 Å². The monoisotopic (exact) mass is 599 g/mol. The van der Waals surface area contributed by atoms with Gasteiger partial charge in [-0.25, -0.2) is 0 Å². The second kappa shape index (κ2) is 11.0. The number of benzene rings is 4. The van der Waals surface area contributed by atoms with E-state index >= 15 is 0 Å². The maximum atomic E-state index is 5.71. The van der Waals surface area contributed by atoms with Crippen LogP contribution in [0.5, 0.6) is 0 Å². The number of para-hydroxylation sites is 2. The van der Waals surface area contributed by atoms with Crippen LogP contribution in [0.15, 0.2) is 158 Å². The van der Waals surface area contributed by atoms with Crippen molar-refractivity contribution in [3.05, 3.63) is 163 Å². The van der Waals surface area contributed by atoms with Crippen LogP contribution < -0.4 is 10.6 Å². The van der Waals surface area contributed by atoms with Crippen molar-refractivity contribution < 1.29 is 0 Å². The fraction of sp³-hybridized carbons (Fsp3) is 0.0732. The topological polar surface area (TPSA) is 34.2 Å². The number of nitrogens with zero attached hydrogens (tertiary/aromatic N) is 2. The molecule has 3 nitrogen and oxygen atoms in total. The lowest BCUT2D eigenvalue weighted by atomic mass is 9.90. The van der Waals surface area contributed by atoms with Gasteiger partial charge in [-0.15, -0.1) is 11.3 Å². The summed E-state index contributed by atoms with van der Waals surface area (Å²) in [4.78, 5) is 2.30. The molecule has 0 spiro atoms. The van der Waals surface area contributed by atoms with E-state index in [1.54, 1.807) is 6.20 Å². The highest BCUT2D eigenvalue weighted by Crippen LogP contribution is 2.45. The van der Waals surface area contributed by atoms with Crippen molar-refractivity contribution in [1.29, 1.82) is 0 Å². The number of anilines is 1. The van der Waals surface area contributed by atoms with Crippen LogP contribution >= 0.6 is 11.3 Å². The quantitative estimate of drug-likeness (QED) is 0.205. The molecule has 6 aromatic rings. The molecule has 4 heteroatoms. The van der Waals surface area contributed by atoms with Gasteiger partial charge in [0.05, 0.1) is 16.7 Å². The summed E-state index contributed by atoms with van der Waals surface area (Å²) in [5, 5.41) is 5.08. The third-order valence-electron chi connectivity index (χ3n) is 9.07. The highest BCUT2D eigenvalue weighted by atomic mass is 32.1. The maximum Gasteiger partial charge on any atom is 0.0548 e. The number of allylic oxidation sites excluding steroid dienone is 10. The Labute approximate surface area is 267 Å². The van der Waals surface area contributed by atoms with Gasteiger partial charge < -0.3 is 15.2 Å². The Morgan fingerprint density at radius 1 is 0.889 bits per heavy atom. The first-order chi connectivity index (χ1) is 22.2. The number of nitrogens with two attached hydrogens (primary N) is 1. The summed E-state index contributed by atoms with van der Waals surface area (Å²) >= 11 is 1.85. The molecule has 0 radical (unpaired) electrons. The smallest absolute Gasteiger partial charge is 0.0548 e. The molecule has 4 aromatic carbocycles. The predicted octanol–water partition coefficient (Wildman–Crippen LogP) is 10.9. The van der Waals surface area contributed by atoms with Crippen LogP contribution in [0.25, 0.3) is 53.2 Å². The summed E-state index contributed by atoms with van der Waals surface area (Å²) in [6, 6.07) is 28.8. The lowest BCUT2D eigenvalue weighted by Crippen LogP contribution is -2.18. The Morgan fingerprint density at radius 3 is 2.38 bits per heavy atom. The van der Waals surface area contributed by atoms with E-state index in [1.165, 1.54) is 58.8 Å². The van der Waals surface area contributed by atoms with Crippen molar-refractivity contribution in [1.82, 2.24) is 4.57 Å². The molecule has 0 amide bonds. The van der Waals surface area contributed by atoms with Crippen LogP contribution in [0.3, 0.4) is 0 Å². The Bertz CT molecular complexity index is 2300. The number of rotatable bonds is 4. The molecular weight excluding hydrogens is 567 g/mol. The fourth-order valence-electron chi connectivity index (χ4n) is 6.94. The first kappa shape index (κ1) is 27.2. The summed E-state index contributed by atoms with van der Waals surface area (Å²) in [6.07, 6.45) is 22.0. The molecule has 0 fully saturated rings. The van der Waals surface area contributed by atoms with Crippen LogP contribution in [0.4, 0.5) is 5.69 Å². The molecular formula is C41H33N3S. The van der Waals surface area contributed by atoms with Crippen LogP contribution in [0, 0.1) is 5.92 Å². The molecule has 2 aliphatic rings. The number of hydrogen-bond acceptors (Lipinski definition) is 3. The molecule has 1 unspecified atom stereocenters. The minimum atomic E-state index is 0.320. The van der Waals surface area contributed by atoms with Crippen molar-refractivity contribution in [2.75, 3.05) is 4.90 Å². The number of thiophene rings is 1. The average molecular weight is 600 g/mol. The molecule has 45 heavy (non-hydrogen) atoms. The third kappa shape index (κ3) is 4.41. The van der Waals surface area contributed by atoms with E-state index in [4.69, 9.17) is 5.73 Å². The van der Waals surface area contributed by atoms with Gasteiger partial charge in [0.25, 0.3) is 0 Å². The highest BCUT2D eigenvalue weighted by Gasteiger charge is 2.22. The minimum absolute atomic E-state index is 0.320. The molecule has 0 saturated carbocycles. The Balaban J connectivity index is 1.27. The van der Waals surface area contributed by atoms with E-state index in [0.29, 0.717) is 5.92 Å². The Hall–Kier alpha value is -5.32.